The van der Waals surface area contributed by atoms with Gasteiger partial charge in [-0.05, 0) is 54.8 Å². The second-order valence-corrected chi connectivity index (χ2v) is 4.71. The third-order valence-corrected chi connectivity index (χ3v) is 3.20. The minimum Gasteiger partial charge on any atom is -0.457 e. The van der Waals surface area contributed by atoms with Crippen LogP contribution in [-0.2, 0) is 0 Å². The van der Waals surface area contributed by atoms with Crippen molar-refractivity contribution in [3.05, 3.63) is 60.2 Å². The lowest BCUT2D eigenvalue weighted by molar-refractivity contribution is 0.482. The van der Waals surface area contributed by atoms with Gasteiger partial charge in [0.25, 0.3) is 0 Å². The van der Waals surface area contributed by atoms with E-state index in [9.17, 15) is 0 Å². The van der Waals surface area contributed by atoms with Gasteiger partial charge in [-0.3, -0.25) is 4.99 Å². The third-order valence-electron chi connectivity index (χ3n) is 3.20. The van der Waals surface area contributed by atoms with Crippen molar-refractivity contribution >= 4 is 5.71 Å². The van der Waals surface area contributed by atoms with E-state index < -0.39 is 0 Å². The summed E-state index contributed by atoms with van der Waals surface area (Å²) >= 11 is 0. The van der Waals surface area contributed by atoms with Gasteiger partial charge in [0.15, 0.2) is 0 Å². The molecule has 2 heteroatoms. The summed E-state index contributed by atoms with van der Waals surface area (Å²) in [6, 6.07) is 18.0. The van der Waals surface area contributed by atoms with Crippen molar-refractivity contribution in [3.63, 3.8) is 0 Å². The van der Waals surface area contributed by atoms with Gasteiger partial charge in [-0.25, -0.2) is 0 Å². The molecule has 104 valence electrons. The van der Waals surface area contributed by atoms with Gasteiger partial charge in [0.2, 0.25) is 0 Å². The van der Waals surface area contributed by atoms with Crippen molar-refractivity contribution in [1.82, 2.24) is 0 Å². The zero-order valence-electron chi connectivity index (χ0n) is 12.2. The van der Waals surface area contributed by atoms with E-state index in [1.807, 2.05) is 49.5 Å². The number of nitrogens with zero attached hydrogens (tertiary/aromatic N) is 1. The zero-order chi connectivity index (χ0) is 14.2. The van der Waals surface area contributed by atoms with E-state index in [-0.39, 0.29) is 0 Å². The van der Waals surface area contributed by atoms with E-state index >= 15 is 0 Å². The van der Waals surface area contributed by atoms with Crippen molar-refractivity contribution in [1.29, 1.82) is 0 Å². The quantitative estimate of drug-likeness (QED) is 0.668. The smallest absolute Gasteiger partial charge is 0.127 e. The molecule has 0 aliphatic heterocycles. The summed E-state index contributed by atoms with van der Waals surface area (Å²) in [4.78, 5) is 4.39. The van der Waals surface area contributed by atoms with Crippen LogP contribution in [0.3, 0.4) is 0 Å². The average Bonchev–Trinajstić information content (AvgIpc) is 2.50. The molecule has 0 saturated heterocycles. The van der Waals surface area contributed by atoms with E-state index in [0.29, 0.717) is 0 Å². The van der Waals surface area contributed by atoms with E-state index in [2.05, 4.69) is 24.0 Å². The van der Waals surface area contributed by atoms with Crippen LogP contribution >= 0.6 is 0 Å². The summed E-state index contributed by atoms with van der Waals surface area (Å²) in [7, 11) is 1.86. The van der Waals surface area contributed by atoms with Crippen LogP contribution in [0.2, 0.25) is 0 Å². The third kappa shape index (κ3) is 3.95. The first kappa shape index (κ1) is 14.3. The van der Waals surface area contributed by atoms with E-state index in [0.717, 1.165) is 23.6 Å². The predicted octanol–water partition coefficient (Wildman–Crippen LogP) is 5.09. The highest BCUT2D eigenvalue weighted by molar-refractivity contribution is 6.00. The highest BCUT2D eigenvalue weighted by Gasteiger charge is 2.03. The van der Waals surface area contributed by atoms with Crippen molar-refractivity contribution in [3.8, 4) is 11.5 Å². The first-order valence-electron chi connectivity index (χ1n) is 7.12. The molecule has 0 unspecified atom stereocenters. The second kappa shape index (κ2) is 7.49. The fourth-order valence-electron chi connectivity index (χ4n) is 2.07. The van der Waals surface area contributed by atoms with Crippen molar-refractivity contribution in [2.45, 2.75) is 26.2 Å². The van der Waals surface area contributed by atoms with Crippen LogP contribution < -0.4 is 4.74 Å². The van der Waals surface area contributed by atoms with Gasteiger partial charge in [0.1, 0.15) is 11.5 Å². The lowest BCUT2D eigenvalue weighted by Crippen LogP contribution is -2.00. The Morgan fingerprint density at radius 1 is 0.950 bits per heavy atom. The Kier molecular flexibility index (Phi) is 5.36. The van der Waals surface area contributed by atoms with Crippen LogP contribution in [0.4, 0.5) is 0 Å². The fourth-order valence-corrected chi connectivity index (χ4v) is 2.07. The summed E-state index contributed by atoms with van der Waals surface area (Å²) in [6.45, 7) is 2.20. The van der Waals surface area contributed by atoms with Crippen LogP contribution in [0, 0.1) is 0 Å². The van der Waals surface area contributed by atoms with Gasteiger partial charge in [-0.1, -0.05) is 31.5 Å². The molecule has 0 spiro atoms. The Morgan fingerprint density at radius 2 is 1.60 bits per heavy atom. The molecule has 2 aromatic carbocycles. The van der Waals surface area contributed by atoms with Crippen molar-refractivity contribution in [2.75, 3.05) is 7.05 Å². The topological polar surface area (TPSA) is 21.6 Å². The van der Waals surface area contributed by atoms with Crippen LogP contribution in [0.1, 0.15) is 31.7 Å². The number of para-hydroxylation sites is 1. The predicted molar refractivity (Wildman–Crippen MR) is 84.9 cm³/mol. The summed E-state index contributed by atoms with van der Waals surface area (Å²) in [5.74, 6) is 1.71. The molecule has 0 heterocycles. The molecule has 0 radical (unpaired) electrons. The number of hydrogen-bond donors (Lipinski definition) is 0. The summed E-state index contributed by atoms with van der Waals surface area (Å²) < 4.78 is 5.79. The number of ether oxygens (including phenoxy) is 1. The highest BCUT2D eigenvalue weighted by atomic mass is 16.5. The van der Waals surface area contributed by atoms with Crippen LogP contribution in [0.15, 0.2) is 59.6 Å². The van der Waals surface area contributed by atoms with Crippen molar-refractivity contribution in [2.24, 2.45) is 4.99 Å². The molecule has 20 heavy (non-hydrogen) atoms. The zero-order valence-corrected chi connectivity index (χ0v) is 12.2. The molecule has 0 saturated carbocycles. The molecule has 0 N–H and O–H groups in total. The first-order valence-corrected chi connectivity index (χ1v) is 7.12. The second-order valence-electron chi connectivity index (χ2n) is 4.71. The number of hydrogen-bond acceptors (Lipinski definition) is 2. The summed E-state index contributed by atoms with van der Waals surface area (Å²) in [5.41, 5.74) is 2.35. The van der Waals surface area contributed by atoms with E-state index in [1.54, 1.807) is 0 Å². The fraction of sp³-hybridized carbons (Fsp3) is 0.278. The van der Waals surface area contributed by atoms with Crippen LogP contribution in [0.5, 0.6) is 11.5 Å². The Bertz CT molecular complexity index is 543. The SMILES string of the molecule is CCCCC(=NC)c1ccc(Oc2ccccc2)cc1. The maximum absolute atomic E-state index is 5.79. The number of aliphatic imine (C=N–C) groups is 1. The summed E-state index contributed by atoms with van der Waals surface area (Å²) in [6.07, 6.45) is 3.40. The molecular formula is C18H21NO. The minimum atomic E-state index is 0.853. The Morgan fingerprint density at radius 3 is 2.20 bits per heavy atom. The monoisotopic (exact) mass is 267 g/mol. The molecule has 0 aliphatic rings. The van der Waals surface area contributed by atoms with Gasteiger partial charge in [0, 0.05) is 12.8 Å². The molecule has 0 fully saturated rings. The van der Waals surface area contributed by atoms with E-state index in [1.165, 1.54) is 18.4 Å². The molecule has 0 atom stereocenters. The van der Waals surface area contributed by atoms with Crippen LogP contribution in [-0.4, -0.2) is 12.8 Å². The lowest BCUT2D eigenvalue weighted by atomic mass is 10.0. The lowest BCUT2D eigenvalue weighted by Gasteiger charge is -2.08. The largest absolute Gasteiger partial charge is 0.457 e. The molecule has 0 aliphatic carbocycles. The maximum Gasteiger partial charge on any atom is 0.127 e. The number of rotatable bonds is 6. The van der Waals surface area contributed by atoms with Gasteiger partial charge in [-0.2, -0.15) is 0 Å². The maximum atomic E-state index is 5.79. The molecule has 0 aromatic heterocycles. The molecule has 0 amide bonds. The molecule has 2 aromatic rings. The molecular weight excluding hydrogens is 246 g/mol. The summed E-state index contributed by atoms with van der Waals surface area (Å²) in [5, 5.41) is 0. The average molecular weight is 267 g/mol. The van der Waals surface area contributed by atoms with Gasteiger partial charge >= 0.3 is 0 Å². The normalized spacial score (nSPS) is 11.4. The van der Waals surface area contributed by atoms with Gasteiger partial charge < -0.3 is 4.74 Å². The number of benzene rings is 2. The Labute approximate surface area is 121 Å². The van der Waals surface area contributed by atoms with Gasteiger partial charge in [0.05, 0.1) is 0 Å². The molecule has 0 bridgehead atoms. The Hall–Kier alpha value is -2.09. The molecule has 2 nitrogen and oxygen atoms in total. The highest BCUT2D eigenvalue weighted by Crippen LogP contribution is 2.21. The first-order chi connectivity index (χ1) is 9.83. The van der Waals surface area contributed by atoms with E-state index in [4.69, 9.17) is 4.74 Å². The minimum absolute atomic E-state index is 0.853. The van der Waals surface area contributed by atoms with Crippen molar-refractivity contribution < 1.29 is 4.74 Å². The van der Waals surface area contributed by atoms with Crippen LogP contribution in [0.25, 0.3) is 0 Å². The Balaban J connectivity index is 2.06. The van der Waals surface area contributed by atoms with Gasteiger partial charge in [-0.15, -0.1) is 0 Å². The standard InChI is InChI=1S/C18H21NO/c1-3-4-10-18(19-2)15-11-13-17(14-12-15)20-16-8-6-5-7-9-16/h5-9,11-14H,3-4,10H2,1-2H3. The molecule has 2 rings (SSSR count). The number of unbranched alkanes of at least 4 members (excludes halogenated alkanes) is 1.